The first-order valence-electron chi connectivity index (χ1n) is 9.83. The third-order valence-corrected chi connectivity index (χ3v) is 5.23. The van der Waals surface area contributed by atoms with E-state index in [9.17, 15) is 10.5 Å². The molecule has 0 heterocycles. The van der Waals surface area contributed by atoms with Crippen LogP contribution in [0.5, 0.6) is 0 Å². The van der Waals surface area contributed by atoms with Crippen LogP contribution in [0, 0.1) is 22.7 Å². The highest BCUT2D eigenvalue weighted by molar-refractivity contribution is 6.01. The van der Waals surface area contributed by atoms with Gasteiger partial charge < -0.3 is 5.32 Å². The van der Waals surface area contributed by atoms with Gasteiger partial charge in [0, 0.05) is 22.5 Å². The van der Waals surface area contributed by atoms with Crippen LogP contribution < -0.4 is 5.32 Å². The third-order valence-electron chi connectivity index (χ3n) is 5.23. The van der Waals surface area contributed by atoms with E-state index in [1.54, 1.807) is 0 Å². The van der Waals surface area contributed by atoms with Crippen molar-refractivity contribution in [3.05, 3.63) is 76.4 Å². The van der Waals surface area contributed by atoms with Gasteiger partial charge in [-0.1, -0.05) is 71.9 Å². The third kappa shape index (κ3) is 4.10. The summed E-state index contributed by atoms with van der Waals surface area (Å²) in [4.78, 5) is 0. The molecule has 3 nitrogen and oxygen atoms in total. The van der Waals surface area contributed by atoms with Crippen LogP contribution in [0.3, 0.4) is 0 Å². The molecule has 3 rings (SSSR count). The number of rotatable bonds is 2. The molecule has 1 N–H and O–H groups in total. The summed E-state index contributed by atoms with van der Waals surface area (Å²) in [6.07, 6.45) is 1.91. The molecule has 29 heavy (non-hydrogen) atoms. The van der Waals surface area contributed by atoms with Crippen molar-refractivity contribution in [2.75, 3.05) is 5.32 Å². The van der Waals surface area contributed by atoms with E-state index < -0.39 is 0 Å². The van der Waals surface area contributed by atoms with Gasteiger partial charge in [-0.25, -0.2) is 0 Å². The van der Waals surface area contributed by atoms with Crippen molar-refractivity contribution in [3.8, 4) is 12.1 Å². The fourth-order valence-electron chi connectivity index (χ4n) is 3.43. The van der Waals surface area contributed by atoms with E-state index in [1.807, 2.05) is 42.5 Å². The molecule has 0 radical (unpaired) electrons. The first kappa shape index (κ1) is 20.4. The quantitative estimate of drug-likeness (QED) is 0.600. The summed E-state index contributed by atoms with van der Waals surface area (Å²) in [5, 5.41) is 22.3. The minimum absolute atomic E-state index is 0.0273. The summed E-state index contributed by atoms with van der Waals surface area (Å²) < 4.78 is 0. The standard InChI is InChI=1S/C26H27N3/c1-25(2,3)18-11-19(26(4,5)6)13-20(12-18)29-24-14-23(17(15-27)16-28)21-9-7-8-10-22(21)24/h7-14,29H,1-6H3. The topological polar surface area (TPSA) is 59.6 Å². The highest BCUT2D eigenvalue weighted by atomic mass is 14.9. The molecule has 0 aromatic heterocycles. The summed E-state index contributed by atoms with van der Waals surface area (Å²) in [6, 6.07) is 18.6. The Bertz CT molecular complexity index is 1060. The van der Waals surface area contributed by atoms with Crippen LogP contribution in [-0.2, 0) is 10.8 Å². The number of nitrogens with zero attached hydrogens (tertiary/aromatic N) is 2. The largest absolute Gasteiger partial charge is 0.355 e. The molecule has 0 saturated carbocycles. The van der Waals surface area contributed by atoms with Gasteiger partial charge in [0.25, 0.3) is 0 Å². The predicted molar refractivity (Wildman–Crippen MR) is 120 cm³/mol. The van der Waals surface area contributed by atoms with E-state index in [0.717, 1.165) is 22.5 Å². The molecule has 0 fully saturated rings. The van der Waals surface area contributed by atoms with E-state index >= 15 is 0 Å². The minimum Gasteiger partial charge on any atom is -0.355 e. The van der Waals surface area contributed by atoms with Crippen molar-refractivity contribution in [1.82, 2.24) is 0 Å². The molecule has 1 aliphatic rings. The highest BCUT2D eigenvalue weighted by Crippen LogP contribution is 2.39. The molecule has 0 spiro atoms. The van der Waals surface area contributed by atoms with Gasteiger partial charge in [-0.2, -0.15) is 10.5 Å². The summed E-state index contributed by atoms with van der Waals surface area (Å²) in [5.41, 5.74) is 7.24. The Labute approximate surface area is 174 Å². The molecule has 2 aromatic rings. The van der Waals surface area contributed by atoms with Gasteiger partial charge in [0.15, 0.2) is 0 Å². The minimum atomic E-state index is 0.0273. The van der Waals surface area contributed by atoms with Gasteiger partial charge >= 0.3 is 0 Å². The van der Waals surface area contributed by atoms with E-state index in [2.05, 4.69) is 65.1 Å². The summed E-state index contributed by atoms with van der Waals surface area (Å²) in [5.74, 6) is 0. The van der Waals surface area contributed by atoms with Crippen molar-refractivity contribution in [1.29, 1.82) is 10.5 Å². The van der Waals surface area contributed by atoms with Crippen molar-refractivity contribution >= 4 is 17.0 Å². The van der Waals surface area contributed by atoms with E-state index in [4.69, 9.17) is 0 Å². The zero-order valence-electron chi connectivity index (χ0n) is 18.0. The number of fused-ring (bicyclic) bond motifs is 1. The lowest BCUT2D eigenvalue weighted by atomic mass is 9.80. The van der Waals surface area contributed by atoms with Crippen LogP contribution in [0.4, 0.5) is 5.69 Å². The van der Waals surface area contributed by atoms with Gasteiger partial charge in [0.2, 0.25) is 0 Å². The van der Waals surface area contributed by atoms with Gasteiger partial charge in [0.05, 0.1) is 0 Å². The lowest BCUT2D eigenvalue weighted by Crippen LogP contribution is -2.17. The zero-order valence-corrected chi connectivity index (χ0v) is 18.0. The molecule has 0 aliphatic heterocycles. The van der Waals surface area contributed by atoms with Gasteiger partial charge in [0.1, 0.15) is 17.7 Å². The first-order chi connectivity index (χ1) is 13.5. The molecule has 3 heteroatoms. The Morgan fingerprint density at radius 1 is 0.793 bits per heavy atom. The molecule has 0 unspecified atom stereocenters. The fourth-order valence-corrected chi connectivity index (χ4v) is 3.43. The Kier molecular flexibility index (Phi) is 5.12. The van der Waals surface area contributed by atoms with Crippen molar-refractivity contribution in [2.24, 2.45) is 0 Å². The second-order valence-corrected chi connectivity index (χ2v) is 9.54. The van der Waals surface area contributed by atoms with Crippen LogP contribution in [0.2, 0.25) is 0 Å². The summed E-state index contributed by atoms with van der Waals surface area (Å²) in [6.45, 7) is 13.3. The lowest BCUT2D eigenvalue weighted by Gasteiger charge is -2.26. The van der Waals surface area contributed by atoms with Crippen LogP contribution in [0.1, 0.15) is 63.8 Å². The van der Waals surface area contributed by atoms with E-state index in [0.29, 0.717) is 5.57 Å². The Morgan fingerprint density at radius 2 is 1.31 bits per heavy atom. The van der Waals surface area contributed by atoms with E-state index in [-0.39, 0.29) is 16.4 Å². The Balaban J connectivity index is 2.13. The molecule has 1 aliphatic carbocycles. The number of allylic oxidation sites excluding steroid dienone is 3. The molecule has 0 atom stereocenters. The molecule has 0 saturated heterocycles. The van der Waals surface area contributed by atoms with Crippen LogP contribution in [0.15, 0.2) is 54.1 Å². The SMILES string of the molecule is CC(C)(C)c1cc(NC2=CC(=C(C#N)C#N)c3ccccc32)cc(C(C)(C)C)c1. The number of hydrogen-bond donors (Lipinski definition) is 1. The fraction of sp³-hybridized carbons (Fsp3) is 0.308. The zero-order chi connectivity index (χ0) is 21.4. The second kappa shape index (κ2) is 7.26. The maximum Gasteiger partial charge on any atom is 0.137 e. The summed E-state index contributed by atoms with van der Waals surface area (Å²) in [7, 11) is 0. The molecular formula is C26H27N3. The normalized spacial score (nSPS) is 13.2. The molecule has 0 amide bonds. The Hall–Kier alpha value is -3.30. The first-order valence-corrected chi connectivity index (χ1v) is 9.83. The van der Waals surface area contributed by atoms with E-state index in [1.165, 1.54) is 11.1 Å². The maximum absolute atomic E-state index is 9.36. The van der Waals surface area contributed by atoms with Crippen molar-refractivity contribution in [3.63, 3.8) is 0 Å². The van der Waals surface area contributed by atoms with Gasteiger partial charge in [-0.15, -0.1) is 0 Å². The van der Waals surface area contributed by atoms with Crippen molar-refractivity contribution < 1.29 is 0 Å². The number of nitrogens with one attached hydrogen (secondary N) is 1. The second-order valence-electron chi connectivity index (χ2n) is 9.54. The maximum atomic E-state index is 9.36. The number of hydrogen-bond acceptors (Lipinski definition) is 3. The van der Waals surface area contributed by atoms with Crippen LogP contribution in [0.25, 0.3) is 11.3 Å². The van der Waals surface area contributed by atoms with Crippen molar-refractivity contribution in [2.45, 2.75) is 52.4 Å². The van der Waals surface area contributed by atoms with Crippen LogP contribution >= 0.6 is 0 Å². The molecule has 0 bridgehead atoms. The summed E-state index contributed by atoms with van der Waals surface area (Å²) >= 11 is 0. The smallest absolute Gasteiger partial charge is 0.137 e. The highest BCUT2D eigenvalue weighted by Gasteiger charge is 2.24. The number of nitriles is 2. The Morgan fingerprint density at radius 3 is 1.79 bits per heavy atom. The average molecular weight is 382 g/mol. The van der Waals surface area contributed by atoms with Gasteiger partial charge in [-0.05, 0) is 45.7 Å². The number of anilines is 1. The monoisotopic (exact) mass is 381 g/mol. The molecule has 146 valence electrons. The van der Waals surface area contributed by atoms with Gasteiger partial charge in [-0.3, -0.25) is 0 Å². The molecule has 2 aromatic carbocycles. The number of benzene rings is 2. The lowest BCUT2D eigenvalue weighted by molar-refractivity contribution is 0.569. The van der Waals surface area contributed by atoms with Crippen LogP contribution in [-0.4, -0.2) is 0 Å². The average Bonchev–Trinajstić information content (AvgIpc) is 3.00. The molecular weight excluding hydrogens is 354 g/mol. The predicted octanol–water partition coefficient (Wildman–Crippen LogP) is 6.55.